The summed E-state index contributed by atoms with van der Waals surface area (Å²) in [5.41, 5.74) is 2.65. The van der Waals surface area contributed by atoms with E-state index in [1.165, 1.54) is 0 Å². The Balaban J connectivity index is 1.76. The van der Waals surface area contributed by atoms with E-state index < -0.39 is 0 Å². The highest BCUT2D eigenvalue weighted by Gasteiger charge is 2.26. The van der Waals surface area contributed by atoms with Crippen LogP contribution in [0.4, 0.5) is 0 Å². The van der Waals surface area contributed by atoms with Gasteiger partial charge in [0.25, 0.3) is 5.91 Å². The maximum absolute atomic E-state index is 13.5. The molecule has 0 aliphatic carbocycles. The van der Waals surface area contributed by atoms with Gasteiger partial charge < -0.3 is 19.1 Å². The van der Waals surface area contributed by atoms with Crippen LogP contribution in [0.3, 0.4) is 0 Å². The van der Waals surface area contributed by atoms with Gasteiger partial charge in [-0.15, -0.1) is 0 Å². The predicted octanol–water partition coefficient (Wildman–Crippen LogP) is 4.52. The molecule has 0 bridgehead atoms. The second-order valence-corrected chi connectivity index (χ2v) is 7.96. The molecule has 1 aliphatic heterocycles. The Morgan fingerprint density at radius 1 is 1.03 bits per heavy atom. The van der Waals surface area contributed by atoms with Gasteiger partial charge in [-0.2, -0.15) is 0 Å². The Kier molecular flexibility index (Phi) is 6.30. The van der Waals surface area contributed by atoms with E-state index in [-0.39, 0.29) is 5.91 Å². The number of likely N-dealkylation sites (N-methyl/N-ethyl adjacent to an activating group) is 1. The van der Waals surface area contributed by atoms with Crippen molar-refractivity contribution < 1.29 is 9.53 Å². The molecule has 5 nitrogen and oxygen atoms in total. The van der Waals surface area contributed by atoms with Crippen LogP contribution in [0.5, 0.6) is 5.75 Å². The number of amides is 1. The molecule has 0 N–H and O–H groups in total. The van der Waals surface area contributed by atoms with Crippen molar-refractivity contribution in [2.24, 2.45) is 0 Å². The monoisotopic (exact) mass is 425 g/mol. The van der Waals surface area contributed by atoms with Gasteiger partial charge >= 0.3 is 0 Å². The number of benzene rings is 2. The van der Waals surface area contributed by atoms with Crippen LogP contribution in [0.2, 0.25) is 5.02 Å². The first-order valence-corrected chi connectivity index (χ1v) is 11.0. The van der Waals surface area contributed by atoms with Gasteiger partial charge in [-0.25, -0.2) is 0 Å². The van der Waals surface area contributed by atoms with Crippen molar-refractivity contribution in [3.05, 3.63) is 64.8 Å². The molecule has 3 aromatic rings. The minimum absolute atomic E-state index is 0.0662. The fraction of sp³-hybridized carbons (Fsp3) is 0.375. The highest BCUT2D eigenvalue weighted by atomic mass is 35.5. The Labute approximate surface area is 182 Å². The van der Waals surface area contributed by atoms with Crippen molar-refractivity contribution in [3.63, 3.8) is 0 Å². The number of ether oxygens (including phenoxy) is 1. The molecule has 0 unspecified atom stereocenters. The van der Waals surface area contributed by atoms with Crippen molar-refractivity contribution in [1.29, 1.82) is 0 Å². The lowest BCUT2D eigenvalue weighted by Crippen LogP contribution is -2.48. The maximum Gasteiger partial charge on any atom is 0.270 e. The molecule has 30 heavy (non-hydrogen) atoms. The average Bonchev–Trinajstić information content (AvgIpc) is 3.14. The zero-order chi connectivity index (χ0) is 21.1. The van der Waals surface area contributed by atoms with Crippen LogP contribution < -0.4 is 4.74 Å². The number of aromatic nitrogens is 1. The fourth-order valence-corrected chi connectivity index (χ4v) is 4.31. The standard InChI is InChI=1S/C24H28ClN3O2/c1-3-26-12-14-27(15-13-26)24(29)22-16-19-21(10-7-11-23(19)30-4-2)28(22)17-18-8-5-6-9-20(18)25/h5-11,16H,3-4,12-15,17H2,1-2H3. The number of nitrogens with zero attached hydrogens (tertiary/aromatic N) is 3. The summed E-state index contributed by atoms with van der Waals surface area (Å²) in [5.74, 6) is 0.870. The van der Waals surface area contributed by atoms with E-state index in [0.717, 1.165) is 54.9 Å². The van der Waals surface area contributed by atoms with Crippen LogP contribution in [0.25, 0.3) is 10.9 Å². The van der Waals surface area contributed by atoms with Gasteiger partial charge in [0.1, 0.15) is 11.4 Å². The number of rotatable bonds is 6. The third-order valence-electron chi connectivity index (χ3n) is 5.82. The van der Waals surface area contributed by atoms with Crippen LogP contribution >= 0.6 is 11.6 Å². The number of hydrogen-bond acceptors (Lipinski definition) is 3. The van der Waals surface area contributed by atoms with Crippen molar-refractivity contribution in [2.45, 2.75) is 20.4 Å². The summed E-state index contributed by atoms with van der Waals surface area (Å²) >= 11 is 6.45. The molecular weight excluding hydrogens is 398 g/mol. The lowest BCUT2D eigenvalue weighted by Gasteiger charge is -2.34. The minimum Gasteiger partial charge on any atom is -0.493 e. The summed E-state index contributed by atoms with van der Waals surface area (Å²) < 4.78 is 7.92. The number of carbonyl (C=O) groups is 1. The van der Waals surface area contributed by atoms with Crippen molar-refractivity contribution in [1.82, 2.24) is 14.4 Å². The number of carbonyl (C=O) groups excluding carboxylic acids is 1. The normalized spacial score (nSPS) is 15.0. The maximum atomic E-state index is 13.5. The first-order valence-electron chi connectivity index (χ1n) is 10.6. The minimum atomic E-state index is 0.0662. The zero-order valence-electron chi connectivity index (χ0n) is 17.6. The predicted molar refractivity (Wildman–Crippen MR) is 122 cm³/mol. The molecule has 1 fully saturated rings. The van der Waals surface area contributed by atoms with Crippen LogP contribution in [0.15, 0.2) is 48.5 Å². The fourth-order valence-electron chi connectivity index (χ4n) is 4.11. The smallest absolute Gasteiger partial charge is 0.270 e. The van der Waals surface area contributed by atoms with E-state index in [2.05, 4.69) is 16.4 Å². The Morgan fingerprint density at radius 3 is 2.50 bits per heavy atom. The highest BCUT2D eigenvalue weighted by molar-refractivity contribution is 6.31. The van der Waals surface area contributed by atoms with Gasteiger partial charge in [0, 0.05) is 43.1 Å². The van der Waals surface area contributed by atoms with Crippen molar-refractivity contribution in [3.8, 4) is 5.75 Å². The van der Waals surface area contributed by atoms with E-state index in [1.54, 1.807) is 0 Å². The summed E-state index contributed by atoms with van der Waals surface area (Å²) in [5, 5.41) is 1.66. The largest absolute Gasteiger partial charge is 0.493 e. The molecule has 0 radical (unpaired) electrons. The van der Waals surface area contributed by atoms with E-state index in [0.29, 0.717) is 23.9 Å². The summed E-state index contributed by atoms with van der Waals surface area (Å²) in [6.45, 7) is 9.59. The molecule has 1 amide bonds. The summed E-state index contributed by atoms with van der Waals surface area (Å²) in [4.78, 5) is 17.9. The van der Waals surface area contributed by atoms with Gasteiger partial charge in [-0.3, -0.25) is 4.79 Å². The molecule has 0 atom stereocenters. The molecular formula is C24H28ClN3O2. The lowest BCUT2D eigenvalue weighted by atomic mass is 10.2. The van der Waals surface area contributed by atoms with Gasteiger partial charge in [0.15, 0.2) is 0 Å². The number of halogens is 1. The zero-order valence-corrected chi connectivity index (χ0v) is 18.4. The van der Waals surface area contributed by atoms with Crippen LogP contribution in [-0.4, -0.2) is 59.6 Å². The molecule has 2 heterocycles. The Bertz CT molecular complexity index is 1040. The van der Waals surface area contributed by atoms with E-state index in [9.17, 15) is 4.79 Å². The van der Waals surface area contributed by atoms with Gasteiger partial charge in [-0.05, 0) is 43.3 Å². The summed E-state index contributed by atoms with van der Waals surface area (Å²) in [7, 11) is 0. The van der Waals surface area contributed by atoms with Crippen molar-refractivity contribution in [2.75, 3.05) is 39.3 Å². The molecule has 1 saturated heterocycles. The van der Waals surface area contributed by atoms with Gasteiger partial charge in [0.2, 0.25) is 0 Å². The van der Waals surface area contributed by atoms with E-state index >= 15 is 0 Å². The molecule has 6 heteroatoms. The summed E-state index contributed by atoms with van der Waals surface area (Å²) in [6.07, 6.45) is 0. The van der Waals surface area contributed by atoms with Gasteiger partial charge in [-0.1, -0.05) is 42.8 Å². The molecule has 158 valence electrons. The molecule has 4 rings (SSSR count). The third-order valence-corrected chi connectivity index (χ3v) is 6.19. The Hall–Kier alpha value is -2.50. The molecule has 1 aliphatic rings. The highest BCUT2D eigenvalue weighted by Crippen LogP contribution is 2.31. The van der Waals surface area contributed by atoms with Crippen LogP contribution in [0, 0.1) is 0 Å². The molecule has 1 aromatic heterocycles. The SMILES string of the molecule is CCOc1cccc2c1cc(C(=O)N1CCN(CC)CC1)n2Cc1ccccc1Cl. The number of hydrogen-bond donors (Lipinski definition) is 0. The number of piperazine rings is 1. The quantitative estimate of drug-likeness (QED) is 0.582. The first-order chi connectivity index (χ1) is 14.6. The third kappa shape index (κ3) is 4.05. The summed E-state index contributed by atoms with van der Waals surface area (Å²) in [6, 6.07) is 15.8. The topological polar surface area (TPSA) is 37.7 Å². The van der Waals surface area contributed by atoms with E-state index in [4.69, 9.17) is 16.3 Å². The second-order valence-electron chi connectivity index (χ2n) is 7.56. The lowest BCUT2D eigenvalue weighted by molar-refractivity contribution is 0.0633. The van der Waals surface area contributed by atoms with Crippen LogP contribution in [-0.2, 0) is 6.54 Å². The van der Waals surface area contributed by atoms with Crippen LogP contribution in [0.1, 0.15) is 29.9 Å². The second kappa shape index (κ2) is 9.11. The van der Waals surface area contributed by atoms with Gasteiger partial charge in [0.05, 0.1) is 12.1 Å². The first kappa shape index (κ1) is 20.8. The van der Waals surface area contributed by atoms with E-state index in [1.807, 2.05) is 60.4 Å². The number of fused-ring (bicyclic) bond motifs is 1. The Morgan fingerprint density at radius 2 is 1.80 bits per heavy atom. The molecule has 2 aromatic carbocycles. The average molecular weight is 426 g/mol. The molecule has 0 saturated carbocycles. The van der Waals surface area contributed by atoms with Crippen molar-refractivity contribution >= 4 is 28.4 Å². The molecule has 0 spiro atoms.